The van der Waals surface area contributed by atoms with Crippen LogP contribution in [0.2, 0.25) is 0 Å². The Bertz CT molecular complexity index is 1530. The first-order valence-corrected chi connectivity index (χ1v) is 13.1. The lowest BCUT2D eigenvalue weighted by Crippen LogP contribution is -2.37. The summed E-state index contributed by atoms with van der Waals surface area (Å²) in [6.45, 7) is 1.24. The summed E-state index contributed by atoms with van der Waals surface area (Å²) in [6.07, 6.45) is 14.7. The Hall–Kier alpha value is -4.85. The topological polar surface area (TPSA) is 106 Å². The number of hydrogen-bond acceptors (Lipinski definition) is 8. The summed E-state index contributed by atoms with van der Waals surface area (Å²) >= 11 is 0. The van der Waals surface area contributed by atoms with E-state index in [4.69, 9.17) is 15.9 Å². The van der Waals surface area contributed by atoms with E-state index >= 15 is 0 Å². The van der Waals surface area contributed by atoms with Crippen molar-refractivity contribution in [3.63, 3.8) is 0 Å². The molecule has 0 atom stereocenters. The van der Waals surface area contributed by atoms with Gasteiger partial charge in [0.1, 0.15) is 24.5 Å². The molecule has 0 radical (unpaired) electrons. The third kappa shape index (κ3) is 6.40. The van der Waals surface area contributed by atoms with Gasteiger partial charge in [0.2, 0.25) is 5.91 Å². The Morgan fingerprint density at radius 1 is 1.23 bits per heavy atom. The molecule has 5 rings (SSSR count). The minimum Gasteiger partial charge on any atom is -0.493 e. The number of fused-ring (bicyclic) bond motifs is 1. The van der Waals surface area contributed by atoms with Crippen LogP contribution in [0.1, 0.15) is 25.7 Å². The predicted octanol–water partition coefficient (Wildman–Crippen LogP) is 4.57. The molecule has 4 aromatic rings. The molecule has 10 nitrogen and oxygen atoms in total. The average molecular weight is 544 g/mol. The number of aromatic nitrogens is 4. The van der Waals surface area contributed by atoms with Gasteiger partial charge in [0.15, 0.2) is 11.5 Å². The van der Waals surface area contributed by atoms with Crippen molar-refractivity contribution in [2.24, 2.45) is 0 Å². The zero-order valence-corrected chi connectivity index (χ0v) is 22.1. The van der Waals surface area contributed by atoms with Gasteiger partial charge in [-0.3, -0.25) is 9.48 Å². The maximum atomic E-state index is 13.4. The van der Waals surface area contributed by atoms with E-state index in [1.165, 1.54) is 35.6 Å². The second-order valence-electron chi connectivity index (χ2n) is 9.46. The van der Waals surface area contributed by atoms with E-state index in [0.717, 1.165) is 31.2 Å². The van der Waals surface area contributed by atoms with Gasteiger partial charge >= 0.3 is 0 Å². The number of carbonyl (C=O) groups is 1. The number of nitrogens with zero attached hydrogens (tertiary/aromatic N) is 5. The van der Waals surface area contributed by atoms with Crippen LogP contribution in [0.3, 0.4) is 0 Å². The molecule has 2 N–H and O–H groups in total. The molecule has 0 unspecified atom stereocenters. The number of halogens is 1. The molecule has 1 fully saturated rings. The number of carbonyl (C=O) groups excluding carboxylic acids is 1. The van der Waals surface area contributed by atoms with Gasteiger partial charge in [-0.05, 0) is 49.9 Å². The normalized spacial score (nSPS) is 12.8. The Morgan fingerprint density at radius 2 is 2.10 bits per heavy atom. The number of anilines is 3. The van der Waals surface area contributed by atoms with E-state index in [9.17, 15) is 9.18 Å². The number of benzene rings is 2. The quantitative estimate of drug-likeness (QED) is 0.152. The molecule has 0 bridgehead atoms. The standard InChI is InChI=1S/C29H30FN7O3/c1-3-36(23-9-5-10-23)11-6-12-40-27-15-25-24(14-26(27)39-2)29(32-19-31-25)35-22-16-33-37(17-22)18-28(38)34-21-8-4-7-20(30)13-21/h1,4,7-8,13-17,19,23H,5-6,9-12,18H2,2H3,(H,34,38)(H,31,32,35). The fraction of sp³-hybridized carbons (Fsp3) is 0.310. The van der Waals surface area contributed by atoms with Crippen LogP contribution >= 0.6 is 0 Å². The smallest absolute Gasteiger partial charge is 0.246 e. The first-order chi connectivity index (χ1) is 19.5. The SMILES string of the molecule is C#CN(CCCOc1cc2ncnc(Nc3cnn(CC(=O)Nc4cccc(F)c4)c3)c2cc1OC)C1CCC1. The molecule has 0 spiro atoms. The molecule has 0 aliphatic heterocycles. The van der Waals surface area contributed by atoms with Crippen molar-refractivity contribution < 1.29 is 18.7 Å². The minimum absolute atomic E-state index is 0.0446. The van der Waals surface area contributed by atoms with Crippen molar-refractivity contribution in [2.45, 2.75) is 38.3 Å². The van der Waals surface area contributed by atoms with Crippen LogP contribution in [0.15, 0.2) is 55.1 Å². The Kier molecular flexibility index (Phi) is 8.25. The molecular formula is C29H30FN7O3. The first-order valence-electron chi connectivity index (χ1n) is 13.1. The lowest BCUT2D eigenvalue weighted by atomic mass is 9.92. The van der Waals surface area contributed by atoms with Gasteiger partial charge in [-0.2, -0.15) is 5.10 Å². The van der Waals surface area contributed by atoms with E-state index in [1.807, 2.05) is 12.1 Å². The van der Waals surface area contributed by atoms with E-state index < -0.39 is 5.82 Å². The summed E-state index contributed by atoms with van der Waals surface area (Å²) < 4.78 is 26.5. The highest BCUT2D eigenvalue weighted by Gasteiger charge is 2.22. The van der Waals surface area contributed by atoms with E-state index in [2.05, 4.69) is 36.6 Å². The number of hydrogen-bond donors (Lipinski definition) is 2. The predicted molar refractivity (Wildman–Crippen MR) is 150 cm³/mol. The second-order valence-corrected chi connectivity index (χ2v) is 9.46. The first kappa shape index (κ1) is 26.7. The number of amides is 1. The van der Waals surface area contributed by atoms with Gasteiger partial charge in [0.05, 0.1) is 31.1 Å². The monoisotopic (exact) mass is 543 g/mol. The molecule has 2 aromatic heterocycles. The number of terminal acetylenes is 1. The molecule has 2 aromatic carbocycles. The van der Waals surface area contributed by atoms with Gasteiger partial charge in [0, 0.05) is 42.0 Å². The second kappa shape index (κ2) is 12.3. The molecule has 1 amide bonds. The molecule has 11 heteroatoms. The van der Waals surface area contributed by atoms with Crippen LogP contribution in [0.25, 0.3) is 10.9 Å². The summed E-state index contributed by atoms with van der Waals surface area (Å²) in [5.41, 5.74) is 1.68. The molecule has 1 aliphatic rings. The molecular weight excluding hydrogens is 513 g/mol. The van der Waals surface area contributed by atoms with Crippen LogP contribution < -0.4 is 20.1 Å². The van der Waals surface area contributed by atoms with Gasteiger partial charge < -0.3 is 25.0 Å². The van der Waals surface area contributed by atoms with E-state index in [0.29, 0.717) is 46.9 Å². The van der Waals surface area contributed by atoms with Crippen LogP contribution in [-0.2, 0) is 11.3 Å². The van der Waals surface area contributed by atoms with Crippen molar-refractivity contribution in [1.82, 2.24) is 24.6 Å². The average Bonchev–Trinajstić information content (AvgIpc) is 3.35. The maximum Gasteiger partial charge on any atom is 0.246 e. The van der Waals surface area contributed by atoms with Gasteiger partial charge in [0.25, 0.3) is 0 Å². The van der Waals surface area contributed by atoms with Gasteiger partial charge in [-0.1, -0.05) is 12.5 Å². The Morgan fingerprint density at radius 3 is 2.85 bits per heavy atom. The lowest BCUT2D eigenvalue weighted by Gasteiger charge is -2.34. The van der Waals surface area contributed by atoms with Crippen LogP contribution in [0.4, 0.5) is 21.6 Å². The number of ether oxygens (including phenoxy) is 2. The van der Waals surface area contributed by atoms with Crippen LogP contribution in [-0.4, -0.2) is 56.9 Å². The highest BCUT2D eigenvalue weighted by molar-refractivity contribution is 5.93. The summed E-state index contributed by atoms with van der Waals surface area (Å²) in [5, 5.41) is 10.8. The van der Waals surface area contributed by atoms with E-state index in [1.54, 1.807) is 25.6 Å². The lowest BCUT2D eigenvalue weighted by molar-refractivity contribution is -0.116. The van der Waals surface area contributed by atoms with Crippen molar-refractivity contribution >= 4 is 34.0 Å². The number of methoxy groups -OCH3 is 1. The summed E-state index contributed by atoms with van der Waals surface area (Å²) in [5.74, 6) is 0.936. The Labute approximate surface area is 231 Å². The third-order valence-electron chi connectivity index (χ3n) is 6.71. The molecule has 1 saturated carbocycles. The summed E-state index contributed by atoms with van der Waals surface area (Å²) in [6, 6.07) is 12.6. The maximum absolute atomic E-state index is 13.4. The number of rotatable bonds is 12. The zero-order chi connectivity index (χ0) is 27.9. The minimum atomic E-state index is -0.425. The largest absolute Gasteiger partial charge is 0.493 e. The number of nitrogens with one attached hydrogen (secondary N) is 2. The van der Waals surface area contributed by atoms with Gasteiger partial charge in [-0.25, -0.2) is 14.4 Å². The fourth-order valence-electron chi connectivity index (χ4n) is 4.47. The highest BCUT2D eigenvalue weighted by atomic mass is 19.1. The Balaban J connectivity index is 1.22. The molecule has 206 valence electrons. The third-order valence-corrected chi connectivity index (χ3v) is 6.71. The fourth-order valence-corrected chi connectivity index (χ4v) is 4.47. The van der Waals surface area contributed by atoms with Crippen molar-refractivity contribution in [3.8, 4) is 24.0 Å². The summed E-state index contributed by atoms with van der Waals surface area (Å²) in [4.78, 5) is 23.2. The highest BCUT2D eigenvalue weighted by Crippen LogP contribution is 2.35. The zero-order valence-electron chi connectivity index (χ0n) is 22.1. The van der Waals surface area contributed by atoms with Crippen LogP contribution in [0, 0.1) is 18.3 Å². The van der Waals surface area contributed by atoms with Gasteiger partial charge in [-0.15, -0.1) is 0 Å². The summed E-state index contributed by atoms with van der Waals surface area (Å²) in [7, 11) is 1.58. The van der Waals surface area contributed by atoms with Crippen molar-refractivity contribution in [2.75, 3.05) is 30.9 Å². The van der Waals surface area contributed by atoms with Crippen molar-refractivity contribution in [1.29, 1.82) is 0 Å². The molecule has 40 heavy (non-hydrogen) atoms. The van der Waals surface area contributed by atoms with E-state index in [-0.39, 0.29) is 12.5 Å². The molecule has 0 saturated heterocycles. The molecule has 1 aliphatic carbocycles. The van der Waals surface area contributed by atoms with Crippen molar-refractivity contribution in [3.05, 3.63) is 60.9 Å². The van der Waals surface area contributed by atoms with Crippen LogP contribution in [0.5, 0.6) is 11.5 Å². The molecule has 2 heterocycles.